The molecule has 0 saturated heterocycles. The van der Waals surface area contributed by atoms with Gasteiger partial charge in [0.1, 0.15) is 0 Å². The van der Waals surface area contributed by atoms with Crippen LogP contribution in [0.25, 0.3) is 0 Å². The van der Waals surface area contributed by atoms with Gasteiger partial charge in [-0.05, 0) is 18.9 Å². The van der Waals surface area contributed by atoms with Crippen LogP contribution in [0.5, 0.6) is 0 Å². The number of hydrogen-bond acceptors (Lipinski definition) is 4. The highest BCUT2D eigenvalue weighted by atomic mass is 16.6. The van der Waals surface area contributed by atoms with Gasteiger partial charge in [0.25, 0.3) is 5.69 Å². The lowest BCUT2D eigenvalue weighted by atomic mass is 10.0. The second kappa shape index (κ2) is 5.59. The van der Waals surface area contributed by atoms with E-state index in [9.17, 15) is 14.9 Å². The Kier molecular flexibility index (Phi) is 4.38. The average Bonchev–Trinajstić information content (AvgIpc) is 2.29. The highest BCUT2D eigenvalue weighted by Gasteiger charge is 2.18. The number of nitrogens with zero attached hydrogens (tertiary/aromatic N) is 1. The number of aryl methyl sites for hydroxylation is 1. The third-order valence-corrected chi connectivity index (χ3v) is 2.69. The quantitative estimate of drug-likeness (QED) is 0.630. The maximum atomic E-state index is 11.7. The highest BCUT2D eigenvalue weighted by molar-refractivity contribution is 5.95. The lowest BCUT2D eigenvalue weighted by Crippen LogP contribution is -2.39. The summed E-state index contributed by atoms with van der Waals surface area (Å²) in [6.07, 6.45) is 0. The van der Waals surface area contributed by atoms with Crippen LogP contribution in [-0.4, -0.2) is 16.9 Å². The van der Waals surface area contributed by atoms with Crippen molar-refractivity contribution in [2.24, 2.45) is 11.7 Å². The van der Waals surface area contributed by atoms with E-state index >= 15 is 0 Å². The van der Waals surface area contributed by atoms with Gasteiger partial charge >= 0.3 is 0 Å². The van der Waals surface area contributed by atoms with Crippen LogP contribution >= 0.6 is 0 Å². The zero-order valence-electron chi connectivity index (χ0n) is 10.6. The maximum Gasteiger partial charge on any atom is 0.274 e. The van der Waals surface area contributed by atoms with Gasteiger partial charge in [-0.3, -0.25) is 14.9 Å². The largest absolute Gasteiger partial charge is 0.324 e. The zero-order valence-corrected chi connectivity index (χ0v) is 10.6. The lowest BCUT2D eigenvalue weighted by Gasteiger charge is -2.15. The molecule has 0 bridgehead atoms. The molecule has 0 aliphatic heterocycles. The number of nitro groups is 1. The molecule has 6 heteroatoms. The fourth-order valence-corrected chi connectivity index (χ4v) is 1.41. The van der Waals surface area contributed by atoms with Gasteiger partial charge in [0.05, 0.1) is 11.0 Å². The van der Waals surface area contributed by atoms with E-state index in [1.54, 1.807) is 19.1 Å². The number of carbonyl (C=O) groups is 1. The first kappa shape index (κ1) is 14.1. The summed E-state index contributed by atoms with van der Waals surface area (Å²) in [5.41, 5.74) is 6.60. The first-order chi connectivity index (χ1) is 8.32. The normalized spacial score (nSPS) is 12.3. The predicted octanol–water partition coefficient (Wildman–Crippen LogP) is 1.83. The highest BCUT2D eigenvalue weighted by Crippen LogP contribution is 2.22. The van der Waals surface area contributed by atoms with E-state index in [0.717, 1.165) is 0 Å². The van der Waals surface area contributed by atoms with E-state index in [1.165, 1.54) is 6.07 Å². The SMILES string of the molecule is Cc1ccc(NC(=O)[C@@H](N)C(C)C)cc1[N+](=O)[O-]. The van der Waals surface area contributed by atoms with Crippen LogP contribution in [0.2, 0.25) is 0 Å². The molecule has 0 heterocycles. The molecule has 0 aromatic heterocycles. The van der Waals surface area contributed by atoms with Crippen molar-refractivity contribution >= 4 is 17.3 Å². The third kappa shape index (κ3) is 3.27. The summed E-state index contributed by atoms with van der Waals surface area (Å²) in [4.78, 5) is 22.0. The Balaban J connectivity index is 2.89. The van der Waals surface area contributed by atoms with Gasteiger partial charge in [-0.25, -0.2) is 0 Å². The molecule has 1 atom stereocenters. The molecule has 0 fully saturated rings. The van der Waals surface area contributed by atoms with Gasteiger partial charge in [0.15, 0.2) is 0 Å². The Morgan fingerprint density at radius 1 is 1.44 bits per heavy atom. The van der Waals surface area contributed by atoms with Crippen molar-refractivity contribution in [3.8, 4) is 0 Å². The lowest BCUT2D eigenvalue weighted by molar-refractivity contribution is -0.385. The molecule has 98 valence electrons. The van der Waals surface area contributed by atoms with Gasteiger partial charge in [0.2, 0.25) is 5.91 Å². The Morgan fingerprint density at radius 2 is 2.06 bits per heavy atom. The standard InChI is InChI=1S/C12H17N3O3/c1-7(2)11(13)12(16)14-9-5-4-8(3)10(6-9)15(17)18/h4-7,11H,13H2,1-3H3,(H,14,16)/t11-/m0/s1. The fourth-order valence-electron chi connectivity index (χ4n) is 1.41. The number of anilines is 1. The summed E-state index contributed by atoms with van der Waals surface area (Å²) in [5.74, 6) is -0.339. The molecule has 1 aromatic rings. The Morgan fingerprint density at radius 3 is 2.56 bits per heavy atom. The van der Waals surface area contributed by atoms with Gasteiger partial charge in [-0.15, -0.1) is 0 Å². The Bertz CT molecular complexity index is 472. The number of rotatable bonds is 4. The number of nitrogens with one attached hydrogen (secondary N) is 1. The van der Waals surface area contributed by atoms with Crippen molar-refractivity contribution in [1.82, 2.24) is 0 Å². The smallest absolute Gasteiger partial charge is 0.274 e. The van der Waals surface area contributed by atoms with E-state index in [0.29, 0.717) is 11.3 Å². The molecule has 18 heavy (non-hydrogen) atoms. The van der Waals surface area contributed by atoms with E-state index in [1.807, 2.05) is 13.8 Å². The molecule has 1 aromatic carbocycles. The molecule has 0 saturated carbocycles. The second-order valence-corrected chi connectivity index (χ2v) is 4.52. The average molecular weight is 251 g/mol. The number of nitrogens with two attached hydrogens (primary N) is 1. The maximum absolute atomic E-state index is 11.7. The van der Waals surface area contributed by atoms with Crippen molar-refractivity contribution in [1.29, 1.82) is 0 Å². The van der Waals surface area contributed by atoms with Crippen molar-refractivity contribution in [2.75, 3.05) is 5.32 Å². The third-order valence-electron chi connectivity index (χ3n) is 2.69. The summed E-state index contributed by atoms with van der Waals surface area (Å²) in [7, 11) is 0. The minimum Gasteiger partial charge on any atom is -0.324 e. The van der Waals surface area contributed by atoms with E-state index in [-0.39, 0.29) is 17.5 Å². The van der Waals surface area contributed by atoms with Crippen LogP contribution < -0.4 is 11.1 Å². The molecule has 0 aliphatic carbocycles. The van der Waals surface area contributed by atoms with Gasteiger partial charge in [-0.2, -0.15) is 0 Å². The van der Waals surface area contributed by atoms with Crippen LogP contribution in [0, 0.1) is 23.0 Å². The summed E-state index contributed by atoms with van der Waals surface area (Å²) in [6, 6.07) is 3.91. The molecule has 0 aliphatic rings. The van der Waals surface area contributed by atoms with Crippen LogP contribution in [0.1, 0.15) is 19.4 Å². The molecule has 1 rings (SSSR count). The van der Waals surface area contributed by atoms with Gasteiger partial charge < -0.3 is 11.1 Å². The number of carbonyl (C=O) groups excluding carboxylic acids is 1. The zero-order chi connectivity index (χ0) is 13.9. The van der Waals surface area contributed by atoms with E-state index < -0.39 is 11.0 Å². The number of hydrogen-bond donors (Lipinski definition) is 2. The Hall–Kier alpha value is -1.95. The van der Waals surface area contributed by atoms with Crippen molar-refractivity contribution in [3.63, 3.8) is 0 Å². The summed E-state index contributed by atoms with van der Waals surface area (Å²) in [6.45, 7) is 5.31. The molecule has 6 nitrogen and oxygen atoms in total. The van der Waals surface area contributed by atoms with Crippen LogP contribution in [0.3, 0.4) is 0 Å². The number of amides is 1. The number of nitro benzene ring substituents is 1. The Labute approximate surface area is 105 Å². The van der Waals surface area contributed by atoms with Crippen LogP contribution in [-0.2, 0) is 4.79 Å². The molecule has 1 amide bonds. The molecule has 0 unspecified atom stereocenters. The summed E-state index contributed by atoms with van der Waals surface area (Å²) >= 11 is 0. The fraction of sp³-hybridized carbons (Fsp3) is 0.417. The molecular formula is C12H17N3O3. The first-order valence-electron chi connectivity index (χ1n) is 5.64. The first-order valence-corrected chi connectivity index (χ1v) is 5.64. The van der Waals surface area contributed by atoms with Crippen molar-refractivity contribution < 1.29 is 9.72 Å². The van der Waals surface area contributed by atoms with Crippen molar-refractivity contribution in [2.45, 2.75) is 26.8 Å². The van der Waals surface area contributed by atoms with Crippen LogP contribution in [0.15, 0.2) is 18.2 Å². The minimum absolute atomic E-state index is 0.00503. The summed E-state index contributed by atoms with van der Waals surface area (Å²) in [5, 5.41) is 13.3. The van der Waals surface area contributed by atoms with Crippen LogP contribution in [0.4, 0.5) is 11.4 Å². The van der Waals surface area contributed by atoms with Gasteiger partial charge in [-0.1, -0.05) is 19.9 Å². The predicted molar refractivity (Wildman–Crippen MR) is 69.3 cm³/mol. The molecular weight excluding hydrogens is 234 g/mol. The molecule has 0 radical (unpaired) electrons. The topological polar surface area (TPSA) is 98.3 Å². The van der Waals surface area contributed by atoms with E-state index in [4.69, 9.17) is 5.73 Å². The van der Waals surface area contributed by atoms with Gasteiger partial charge in [0, 0.05) is 17.3 Å². The van der Waals surface area contributed by atoms with Crippen molar-refractivity contribution in [3.05, 3.63) is 33.9 Å². The number of benzene rings is 1. The minimum atomic E-state index is -0.634. The molecule has 0 spiro atoms. The second-order valence-electron chi connectivity index (χ2n) is 4.52. The van der Waals surface area contributed by atoms with E-state index in [2.05, 4.69) is 5.32 Å². The molecule has 3 N–H and O–H groups in total. The summed E-state index contributed by atoms with van der Waals surface area (Å²) < 4.78 is 0. The monoisotopic (exact) mass is 251 g/mol.